The van der Waals surface area contributed by atoms with Crippen LogP contribution >= 0.6 is 0 Å². The summed E-state index contributed by atoms with van der Waals surface area (Å²) < 4.78 is 24.5. The first-order valence-electron chi connectivity index (χ1n) is 11.7. The summed E-state index contributed by atoms with van der Waals surface area (Å²) in [5, 5.41) is 15.0. The number of rotatable bonds is 11. The van der Waals surface area contributed by atoms with Crippen LogP contribution in [0, 0.1) is 12.7 Å². The van der Waals surface area contributed by atoms with Crippen molar-refractivity contribution in [2.75, 3.05) is 26.8 Å². The summed E-state index contributed by atoms with van der Waals surface area (Å²) in [7, 11) is 1.64. The summed E-state index contributed by atoms with van der Waals surface area (Å²) in [6.45, 7) is 3.72. The number of ether oxygens (including phenoxy) is 2. The molecule has 3 aromatic rings. The lowest BCUT2D eigenvalue weighted by atomic mass is 10.0. The fourth-order valence-electron chi connectivity index (χ4n) is 4.11. The maximum Gasteiger partial charge on any atom is 0.145 e. The first-order chi connectivity index (χ1) is 17.0. The van der Waals surface area contributed by atoms with Crippen molar-refractivity contribution >= 4 is 5.71 Å². The molecule has 1 heterocycles. The van der Waals surface area contributed by atoms with Crippen molar-refractivity contribution in [1.29, 1.82) is 0 Å². The molecule has 7 heteroatoms. The number of aliphatic hydroxyl groups is 1. The molecular weight excluding hydrogens is 447 g/mol. The minimum absolute atomic E-state index is 0.176. The van der Waals surface area contributed by atoms with Crippen LogP contribution in [0.1, 0.15) is 23.1 Å². The van der Waals surface area contributed by atoms with Crippen LogP contribution in [0.15, 0.2) is 78.0 Å². The Kier molecular flexibility index (Phi) is 8.34. The number of benzene rings is 3. The van der Waals surface area contributed by atoms with Crippen molar-refractivity contribution in [2.24, 2.45) is 5.16 Å². The highest BCUT2D eigenvalue weighted by Gasteiger charge is 2.26. The molecule has 1 aliphatic heterocycles. The number of para-hydroxylation sites is 1. The molecule has 0 spiro atoms. The maximum atomic E-state index is 13.3. The third-order valence-corrected chi connectivity index (χ3v) is 5.91. The van der Waals surface area contributed by atoms with Gasteiger partial charge in [0.05, 0.1) is 12.8 Å². The van der Waals surface area contributed by atoms with Gasteiger partial charge in [0.2, 0.25) is 0 Å². The molecule has 2 atom stereocenters. The lowest BCUT2D eigenvalue weighted by molar-refractivity contribution is 0.0212. The topological polar surface area (TPSA) is 63.5 Å². The highest BCUT2D eigenvalue weighted by atomic mass is 19.1. The Labute approximate surface area is 205 Å². The van der Waals surface area contributed by atoms with E-state index in [-0.39, 0.29) is 18.5 Å². The van der Waals surface area contributed by atoms with Gasteiger partial charge in [-0.1, -0.05) is 47.6 Å². The molecule has 0 unspecified atom stereocenters. The molecule has 1 aliphatic rings. The number of oxime groups is 1. The Bertz CT molecular complexity index is 1140. The van der Waals surface area contributed by atoms with Gasteiger partial charge in [-0.3, -0.25) is 4.90 Å². The molecule has 0 saturated heterocycles. The largest absolute Gasteiger partial charge is 0.497 e. The Balaban J connectivity index is 1.40. The zero-order valence-electron chi connectivity index (χ0n) is 20.1. The molecule has 0 amide bonds. The first kappa shape index (κ1) is 24.7. The van der Waals surface area contributed by atoms with Crippen LogP contribution in [-0.2, 0) is 11.4 Å². The molecule has 6 nitrogen and oxygen atoms in total. The van der Waals surface area contributed by atoms with Crippen LogP contribution < -0.4 is 9.47 Å². The maximum absolute atomic E-state index is 13.3. The van der Waals surface area contributed by atoms with Gasteiger partial charge < -0.3 is 19.4 Å². The number of hydrogen-bond donors (Lipinski definition) is 1. The smallest absolute Gasteiger partial charge is 0.145 e. The lowest BCUT2D eigenvalue weighted by Gasteiger charge is -2.27. The molecule has 3 aromatic carbocycles. The predicted octanol–water partition coefficient (Wildman–Crippen LogP) is 4.58. The number of methoxy groups -OCH3 is 1. The summed E-state index contributed by atoms with van der Waals surface area (Å²) >= 11 is 0. The second-order valence-corrected chi connectivity index (χ2v) is 8.75. The number of halogens is 1. The normalized spacial score (nSPS) is 16.0. The Morgan fingerprint density at radius 2 is 1.91 bits per heavy atom. The molecular formula is C28H31FN2O4. The van der Waals surface area contributed by atoms with E-state index in [2.05, 4.69) is 10.1 Å². The molecule has 1 N–H and O–H groups in total. The molecule has 0 bridgehead atoms. The number of hydrogen-bond acceptors (Lipinski definition) is 6. The van der Waals surface area contributed by atoms with Crippen molar-refractivity contribution < 1.29 is 23.8 Å². The Morgan fingerprint density at radius 3 is 2.69 bits per heavy atom. The fourth-order valence-corrected chi connectivity index (χ4v) is 4.11. The monoisotopic (exact) mass is 478 g/mol. The van der Waals surface area contributed by atoms with Gasteiger partial charge in [-0.2, -0.15) is 0 Å². The summed E-state index contributed by atoms with van der Waals surface area (Å²) in [6, 6.07) is 21.9. The molecule has 4 rings (SSSR count). The van der Waals surface area contributed by atoms with E-state index in [1.165, 1.54) is 12.1 Å². The molecule has 35 heavy (non-hydrogen) atoms. The third-order valence-electron chi connectivity index (χ3n) is 5.91. The zero-order valence-corrected chi connectivity index (χ0v) is 20.1. The van der Waals surface area contributed by atoms with E-state index in [0.717, 1.165) is 33.9 Å². The van der Waals surface area contributed by atoms with Gasteiger partial charge in [-0.15, -0.1) is 0 Å². The van der Waals surface area contributed by atoms with Gasteiger partial charge in [0, 0.05) is 26.1 Å². The summed E-state index contributed by atoms with van der Waals surface area (Å²) in [6.07, 6.45) is -0.264. The van der Waals surface area contributed by atoms with E-state index in [4.69, 9.17) is 14.3 Å². The number of aliphatic hydroxyl groups excluding tert-OH is 1. The molecule has 0 radical (unpaired) electrons. The van der Waals surface area contributed by atoms with Crippen molar-refractivity contribution in [3.05, 3.63) is 95.3 Å². The summed E-state index contributed by atoms with van der Waals surface area (Å²) in [4.78, 5) is 7.84. The van der Waals surface area contributed by atoms with E-state index in [9.17, 15) is 9.50 Å². The van der Waals surface area contributed by atoms with E-state index in [1.54, 1.807) is 19.2 Å². The van der Waals surface area contributed by atoms with Crippen molar-refractivity contribution in [3.8, 4) is 11.5 Å². The van der Waals surface area contributed by atoms with Crippen LogP contribution in [0.4, 0.5) is 4.39 Å². The van der Waals surface area contributed by atoms with Gasteiger partial charge in [-0.05, 0) is 53.9 Å². The number of nitrogens with zero attached hydrogens (tertiary/aromatic N) is 2. The van der Waals surface area contributed by atoms with Crippen LogP contribution in [0.5, 0.6) is 11.5 Å². The Morgan fingerprint density at radius 1 is 1.11 bits per heavy atom. The molecule has 0 aliphatic carbocycles. The van der Waals surface area contributed by atoms with E-state index in [0.29, 0.717) is 26.1 Å². The van der Waals surface area contributed by atoms with E-state index in [1.807, 2.05) is 55.5 Å². The average Bonchev–Trinajstić information content (AvgIpc) is 3.32. The SMILES string of the molecule is COc1cccc(CN(C[C@H](O)COc2ccccc2C)C[C@H]2CC(c3ccc(F)cc3)=NO2)c1. The second-order valence-electron chi connectivity index (χ2n) is 8.75. The number of aryl methyl sites for hydroxylation is 1. The Hall–Kier alpha value is -3.42. The predicted molar refractivity (Wildman–Crippen MR) is 133 cm³/mol. The first-order valence-corrected chi connectivity index (χ1v) is 11.7. The lowest BCUT2D eigenvalue weighted by Crippen LogP contribution is -2.39. The summed E-state index contributed by atoms with van der Waals surface area (Å²) in [5.74, 6) is 1.27. The zero-order chi connectivity index (χ0) is 24.6. The summed E-state index contributed by atoms with van der Waals surface area (Å²) in [5.41, 5.74) is 3.73. The van der Waals surface area contributed by atoms with Gasteiger partial charge >= 0.3 is 0 Å². The standard InChI is InChI=1S/C28H31FN2O4/c1-20-6-3-4-9-28(20)34-19-24(32)17-31(16-21-7-5-8-25(14-21)33-2)18-26-15-27(30-35-26)22-10-12-23(29)13-11-22/h3-14,24,26,32H,15-19H2,1-2H3/t24-,26+/m0/s1. The van der Waals surface area contributed by atoms with Gasteiger partial charge in [0.1, 0.15) is 36.1 Å². The quantitative estimate of drug-likeness (QED) is 0.437. The molecule has 0 saturated carbocycles. The minimum atomic E-state index is -0.695. The van der Waals surface area contributed by atoms with E-state index >= 15 is 0 Å². The van der Waals surface area contributed by atoms with Crippen LogP contribution in [0.2, 0.25) is 0 Å². The van der Waals surface area contributed by atoms with Crippen LogP contribution in [0.3, 0.4) is 0 Å². The highest BCUT2D eigenvalue weighted by molar-refractivity contribution is 6.01. The fraction of sp³-hybridized carbons (Fsp3) is 0.321. The van der Waals surface area contributed by atoms with Crippen molar-refractivity contribution in [2.45, 2.75) is 32.1 Å². The third kappa shape index (κ3) is 7.04. The molecule has 0 fully saturated rings. The second kappa shape index (κ2) is 11.8. The highest BCUT2D eigenvalue weighted by Crippen LogP contribution is 2.21. The molecule has 184 valence electrons. The van der Waals surface area contributed by atoms with E-state index < -0.39 is 6.10 Å². The van der Waals surface area contributed by atoms with Gasteiger partial charge in [0.15, 0.2) is 0 Å². The average molecular weight is 479 g/mol. The van der Waals surface area contributed by atoms with Crippen LogP contribution in [-0.4, -0.2) is 54.7 Å². The molecule has 0 aromatic heterocycles. The van der Waals surface area contributed by atoms with Crippen molar-refractivity contribution in [3.63, 3.8) is 0 Å². The van der Waals surface area contributed by atoms with Gasteiger partial charge in [-0.25, -0.2) is 4.39 Å². The van der Waals surface area contributed by atoms with Crippen LogP contribution in [0.25, 0.3) is 0 Å². The minimum Gasteiger partial charge on any atom is -0.497 e. The van der Waals surface area contributed by atoms with Crippen molar-refractivity contribution in [1.82, 2.24) is 4.90 Å². The van der Waals surface area contributed by atoms with Gasteiger partial charge in [0.25, 0.3) is 0 Å².